The van der Waals surface area contributed by atoms with E-state index in [1.54, 1.807) is 0 Å². The van der Waals surface area contributed by atoms with Gasteiger partial charge in [-0.2, -0.15) is 0 Å². The molecule has 0 aromatic carbocycles. The van der Waals surface area contributed by atoms with Crippen molar-refractivity contribution < 1.29 is 0 Å². The number of aromatic nitrogens is 4. The summed E-state index contributed by atoms with van der Waals surface area (Å²) in [6.07, 6.45) is 3.86. The van der Waals surface area contributed by atoms with Gasteiger partial charge in [0, 0.05) is 22.1 Å². The first-order valence-electron chi connectivity index (χ1n) is 13.4. The SMILES string of the molecule is CCC1=C(C)c2cc3[nH]c(cc4nc(cc5[nH]c(cc1n2)c(C)c5CC)C(CC)=C4C)c(C)c3CC. The molecule has 8 bridgehead atoms. The van der Waals surface area contributed by atoms with E-state index in [-0.39, 0.29) is 0 Å². The lowest BCUT2D eigenvalue weighted by Gasteiger charge is -2.00. The minimum atomic E-state index is 0.959. The molecule has 0 spiro atoms. The van der Waals surface area contributed by atoms with Crippen molar-refractivity contribution >= 4 is 44.4 Å². The van der Waals surface area contributed by atoms with Gasteiger partial charge in [-0.25, -0.2) is 9.97 Å². The van der Waals surface area contributed by atoms with Crippen molar-refractivity contribution in [3.63, 3.8) is 0 Å². The van der Waals surface area contributed by atoms with E-state index in [1.165, 1.54) is 44.5 Å². The third kappa shape index (κ3) is 3.75. The van der Waals surface area contributed by atoms with Gasteiger partial charge in [0.2, 0.25) is 0 Å². The number of H-pyrrole nitrogens is 2. The Morgan fingerprint density at radius 2 is 0.861 bits per heavy atom. The zero-order valence-electron chi connectivity index (χ0n) is 23.0. The fourth-order valence-electron chi connectivity index (χ4n) is 6.02. The lowest BCUT2D eigenvalue weighted by atomic mass is 10.0. The molecule has 0 saturated carbocycles. The fraction of sp³-hybridized carbons (Fsp3) is 0.375. The van der Waals surface area contributed by atoms with Crippen molar-refractivity contribution in [3.8, 4) is 0 Å². The maximum Gasteiger partial charge on any atom is 0.0693 e. The van der Waals surface area contributed by atoms with Crippen LogP contribution in [0.2, 0.25) is 0 Å². The predicted molar refractivity (Wildman–Crippen MR) is 155 cm³/mol. The van der Waals surface area contributed by atoms with Crippen molar-refractivity contribution in [2.24, 2.45) is 0 Å². The molecular formula is C32H38N4. The quantitative estimate of drug-likeness (QED) is 0.394. The normalized spacial score (nSPS) is 13.8. The molecule has 2 aliphatic heterocycles. The Kier molecular flexibility index (Phi) is 6.23. The number of allylic oxidation sites excluding steroid dienone is 4. The van der Waals surface area contributed by atoms with Gasteiger partial charge < -0.3 is 9.97 Å². The first kappa shape index (κ1) is 24.3. The molecule has 0 fully saturated rings. The predicted octanol–water partition coefficient (Wildman–Crippen LogP) is 8.74. The Bertz CT molecular complexity index is 1600. The molecule has 5 heterocycles. The third-order valence-electron chi connectivity index (χ3n) is 8.21. The van der Waals surface area contributed by atoms with Crippen molar-refractivity contribution in [2.45, 2.75) is 81.1 Å². The standard InChI is InChI=1S/C32H38N4/c1-9-21-17(5)25-13-26-18(6)23(11-3)31(34-26)16-32-24(12-4)20(8)28(36-32)15-30-22(10-2)19(7)27(35-30)14-29(21)33-25/h13-16,33,36H,9-12H2,1-8H3. The second kappa shape index (κ2) is 9.24. The number of hydrogen-bond acceptors (Lipinski definition) is 2. The zero-order chi connectivity index (χ0) is 25.7. The van der Waals surface area contributed by atoms with Crippen LogP contribution >= 0.6 is 0 Å². The first-order valence-corrected chi connectivity index (χ1v) is 13.4. The summed E-state index contributed by atoms with van der Waals surface area (Å²) >= 11 is 0. The summed E-state index contributed by atoms with van der Waals surface area (Å²) in [5.41, 5.74) is 19.3. The van der Waals surface area contributed by atoms with Crippen molar-refractivity contribution in [1.82, 2.24) is 19.9 Å². The van der Waals surface area contributed by atoms with E-state index >= 15 is 0 Å². The number of aromatic amines is 2. The number of nitrogens with zero attached hydrogens (tertiary/aromatic N) is 2. The molecule has 0 unspecified atom stereocenters. The molecule has 3 aromatic rings. The Labute approximate surface area is 214 Å². The van der Waals surface area contributed by atoms with Crippen LogP contribution in [-0.2, 0) is 12.8 Å². The maximum atomic E-state index is 5.15. The summed E-state index contributed by atoms with van der Waals surface area (Å²) in [7, 11) is 0. The van der Waals surface area contributed by atoms with Gasteiger partial charge in [-0.1, -0.05) is 27.7 Å². The summed E-state index contributed by atoms with van der Waals surface area (Å²) in [5.74, 6) is 0. The van der Waals surface area contributed by atoms with Gasteiger partial charge >= 0.3 is 0 Å². The van der Waals surface area contributed by atoms with E-state index in [0.717, 1.165) is 70.5 Å². The number of fused-ring (bicyclic) bond motifs is 8. The molecule has 4 nitrogen and oxygen atoms in total. The van der Waals surface area contributed by atoms with Gasteiger partial charge in [0.05, 0.1) is 22.8 Å². The number of nitrogens with one attached hydrogen (secondary N) is 2. The Hall–Kier alpha value is -3.40. The Balaban J connectivity index is 2.00. The van der Waals surface area contributed by atoms with Crippen LogP contribution in [0.5, 0.6) is 0 Å². The molecule has 2 aliphatic rings. The smallest absolute Gasteiger partial charge is 0.0693 e. The molecule has 0 radical (unpaired) electrons. The second-order valence-corrected chi connectivity index (χ2v) is 10.1. The van der Waals surface area contributed by atoms with Crippen molar-refractivity contribution in [3.05, 3.63) is 69.3 Å². The first-order chi connectivity index (χ1) is 17.3. The van der Waals surface area contributed by atoms with Gasteiger partial charge in [-0.15, -0.1) is 0 Å². The van der Waals surface area contributed by atoms with Crippen LogP contribution in [0.25, 0.3) is 44.4 Å². The fourth-order valence-corrected chi connectivity index (χ4v) is 6.02. The highest BCUT2D eigenvalue weighted by Crippen LogP contribution is 2.36. The van der Waals surface area contributed by atoms with Crippen LogP contribution in [-0.4, -0.2) is 19.9 Å². The molecule has 4 heteroatoms. The highest BCUT2D eigenvalue weighted by atomic mass is 14.8. The van der Waals surface area contributed by atoms with E-state index in [4.69, 9.17) is 9.97 Å². The lowest BCUT2D eigenvalue weighted by Crippen LogP contribution is -1.83. The van der Waals surface area contributed by atoms with Crippen LogP contribution in [0.3, 0.4) is 0 Å². The minimum Gasteiger partial charge on any atom is -0.355 e. The highest BCUT2D eigenvalue weighted by molar-refractivity contribution is 5.94. The third-order valence-corrected chi connectivity index (χ3v) is 8.21. The van der Waals surface area contributed by atoms with E-state index in [1.807, 2.05) is 0 Å². The summed E-state index contributed by atoms with van der Waals surface area (Å²) < 4.78 is 0. The van der Waals surface area contributed by atoms with E-state index in [9.17, 15) is 0 Å². The van der Waals surface area contributed by atoms with E-state index < -0.39 is 0 Å². The Morgan fingerprint density at radius 1 is 0.500 bits per heavy atom. The Morgan fingerprint density at radius 3 is 1.25 bits per heavy atom. The molecule has 2 N–H and O–H groups in total. The van der Waals surface area contributed by atoms with Gasteiger partial charge in [0.25, 0.3) is 0 Å². The topological polar surface area (TPSA) is 57.4 Å². The molecule has 186 valence electrons. The van der Waals surface area contributed by atoms with Crippen LogP contribution < -0.4 is 0 Å². The monoisotopic (exact) mass is 478 g/mol. The van der Waals surface area contributed by atoms with Gasteiger partial charge in [0.15, 0.2) is 0 Å². The minimum absolute atomic E-state index is 0.959. The van der Waals surface area contributed by atoms with Gasteiger partial charge in [0.1, 0.15) is 0 Å². The lowest BCUT2D eigenvalue weighted by molar-refractivity contribution is 1.14. The van der Waals surface area contributed by atoms with E-state index in [0.29, 0.717) is 0 Å². The van der Waals surface area contributed by atoms with Crippen LogP contribution in [0.15, 0.2) is 24.3 Å². The molecular weight excluding hydrogens is 440 g/mol. The maximum absolute atomic E-state index is 5.15. The van der Waals surface area contributed by atoms with Crippen LogP contribution in [0, 0.1) is 13.8 Å². The molecule has 0 saturated heterocycles. The summed E-state index contributed by atoms with van der Waals surface area (Å²) in [6.45, 7) is 17.8. The van der Waals surface area contributed by atoms with E-state index in [2.05, 4.69) is 89.6 Å². The largest absolute Gasteiger partial charge is 0.355 e. The average Bonchev–Trinajstić information content (AvgIpc) is 3.51. The molecule has 3 aromatic heterocycles. The molecule has 0 aliphatic carbocycles. The van der Waals surface area contributed by atoms with Gasteiger partial charge in [-0.3, -0.25) is 0 Å². The van der Waals surface area contributed by atoms with Crippen LogP contribution in [0.1, 0.15) is 99.4 Å². The molecule has 0 atom stereocenters. The summed E-state index contributed by atoms with van der Waals surface area (Å²) in [5, 5.41) is 0. The molecule has 5 rings (SSSR count). The number of aryl methyl sites for hydroxylation is 4. The molecule has 0 amide bonds. The zero-order valence-corrected chi connectivity index (χ0v) is 23.0. The van der Waals surface area contributed by atoms with Crippen LogP contribution in [0.4, 0.5) is 0 Å². The van der Waals surface area contributed by atoms with Crippen molar-refractivity contribution in [1.29, 1.82) is 0 Å². The summed E-state index contributed by atoms with van der Waals surface area (Å²) in [4.78, 5) is 17.7. The highest BCUT2D eigenvalue weighted by Gasteiger charge is 2.19. The molecule has 36 heavy (non-hydrogen) atoms. The second-order valence-electron chi connectivity index (χ2n) is 10.1. The average molecular weight is 479 g/mol. The number of rotatable bonds is 4. The van der Waals surface area contributed by atoms with Gasteiger partial charge in [-0.05, 0) is 122 Å². The van der Waals surface area contributed by atoms with Crippen molar-refractivity contribution in [2.75, 3.05) is 0 Å². The summed E-state index contributed by atoms with van der Waals surface area (Å²) in [6, 6.07) is 8.98. The number of hydrogen-bond donors (Lipinski definition) is 2.